The molecular formula is C48H58FN7O10. The van der Waals surface area contributed by atoms with E-state index in [2.05, 4.69) is 26.2 Å². The molecular weight excluding hydrogens is 854 g/mol. The van der Waals surface area contributed by atoms with Crippen molar-refractivity contribution >= 4 is 52.9 Å². The molecule has 0 spiro atoms. The summed E-state index contributed by atoms with van der Waals surface area (Å²) in [6.07, 6.45) is 3.60. The van der Waals surface area contributed by atoms with Gasteiger partial charge in [0.05, 0.1) is 39.5 Å². The molecule has 0 aliphatic carbocycles. The first-order valence-corrected chi connectivity index (χ1v) is 22.8. The molecule has 0 saturated carbocycles. The molecule has 6 amide bonds. The Morgan fingerprint density at radius 2 is 1.02 bits per heavy atom. The summed E-state index contributed by atoms with van der Waals surface area (Å²) in [4.78, 5) is 84.8. The zero-order valence-electron chi connectivity index (χ0n) is 37.2. The number of hydrogen-bond acceptors (Lipinski definition) is 11. The van der Waals surface area contributed by atoms with Crippen LogP contribution in [0.2, 0.25) is 0 Å². The average molecular weight is 912 g/mol. The van der Waals surface area contributed by atoms with Gasteiger partial charge in [-0.1, -0.05) is 24.3 Å². The van der Waals surface area contributed by atoms with Gasteiger partial charge in [0.2, 0.25) is 23.6 Å². The SMILES string of the molecule is COC(=O)NC(C(=O)N1CCCC1C(=O)Nc1ccc(C2CCC(c3ccc(NC(=O)C4CCCN4C(=O)C(NC(=O)OC)C4CCOC4)cc3)N2c2ccc(F)cc2)cc1)C1CCOC1. The summed E-state index contributed by atoms with van der Waals surface area (Å²) in [6.45, 7) is 2.41. The molecule has 8 atom stereocenters. The Labute approximate surface area is 383 Å². The van der Waals surface area contributed by atoms with E-state index in [1.807, 2.05) is 48.5 Å². The van der Waals surface area contributed by atoms with Crippen LogP contribution in [-0.4, -0.2) is 124 Å². The summed E-state index contributed by atoms with van der Waals surface area (Å²) in [7, 11) is 2.48. The third-order valence-electron chi connectivity index (χ3n) is 13.6. The molecule has 5 aliphatic rings. The van der Waals surface area contributed by atoms with Crippen LogP contribution in [0.3, 0.4) is 0 Å². The maximum Gasteiger partial charge on any atom is 0.407 e. The molecule has 8 rings (SSSR count). The van der Waals surface area contributed by atoms with E-state index in [9.17, 15) is 33.2 Å². The van der Waals surface area contributed by atoms with Crippen molar-refractivity contribution in [3.8, 4) is 0 Å². The molecule has 18 heteroatoms. The molecule has 0 radical (unpaired) electrons. The van der Waals surface area contributed by atoms with Crippen molar-refractivity contribution in [2.75, 3.05) is 69.3 Å². The van der Waals surface area contributed by atoms with Crippen molar-refractivity contribution in [2.24, 2.45) is 11.8 Å². The molecule has 5 aliphatic heterocycles. The van der Waals surface area contributed by atoms with Crippen LogP contribution in [0.25, 0.3) is 0 Å². The largest absolute Gasteiger partial charge is 0.453 e. The Morgan fingerprint density at radius 3 is 1.39 bits per heavy atom. The van der Waals surface area contributed by atoms with Crippen LogP contribution >= 0.6 is 0 Å². The van der Waals surface area contributed by atoms with Crippen LogP contribution in [-0.2, 0) is 38.1 Å². The molecule has 0 aromatic heterocycles. The van der Waals surface area contributed by atoms with Gasteiger partial charge in [0.1, 0.15) is 30.0 Å². The second kappa shape index (κ2) is 20.9. The molecule has 5 fully saturated rings. The summed E-state index contributed by atoms with van der Waals surface area (Å²) < 4.78 is 34.8. The van der Waals surface area contributed by atoms with Gasteiger partial charge in [-0.2, -0.15) is 0 Å². The monoisotopic (exact) mass is 911 g/mol. The van der Waals surface area contributed by atoms with E-state index in [1.165, 1.54) is 26.4 Å². The quantitative estimate of drug-likeness (QED) is 0.174. The highest BCUT2D eigenvalue weighted by Gasteiger charge is 2.44. The summed E-state index contributed by atoms with van der Waals surface area (Å²) >= 11 is 0. The standard InChI is InChI=1S/C48H58FN7O10/c1-63-47(61)52-41(31-21-25-65-27-31)45(59)54-23-3-5-39(54)43(57)50-34-13-7-29(8-14-34)37-19-20-38(56(37)36-17-11-33(49)12-18-36)30-9-15-35(16-10-30)51-44(58)40-6-4-24-55(40)46(60)42(53-48(62)64-2)32-22-26-66-28-32/h7-18,31-32,37-42H,3-6,19-28H2,1-2H3,(H,50,57)(H,51,58)(H,52,61)(H,53,62). The number of methoxy groups -OCH3 is 2. The van der Waals surface area contributed by atoms with Crippen LogP contribution in [0.4, 0.5) is 31.0 Å². The lowest BCUT2D eigenvalue weighted by Gasteiger charge is -2.33. The maximum atomic E-state index is 14.2. The lowest BCUT2D eigenvalue weighted by atomic mass is 9.97. The van der Waals surface area contributed by atoms with Gasteiger partial charge in [0.25, 0.3) is 0 Å². The number of likely N-dealkylation sites (tertiary alicyclic amines) is 2. The molecule has 8 unspecified atom stereocenters. The van der Waals surface area contributed by atoms with Crippen molar-refractivity contribution in [1.29, 1.82) is 0 Å². The van der Waals surface area contributed by atoms with Crippen molar-refractivity contribution in [3.63, 3.8) is 0 Å². The van der Waals surface area contributed by atoms with E-state index in [0.29, 0.717) is 89.4 Å². The Hall–Kier alpha value is -6.27. The number of nitrogens with zero attached hydrogens (tertiary/aromatic N) is 3. The minimum atomic E-state index is -0.867. The molecule has 0 bridgehead atoms. The number of ether oxygens (including phenoxy) is 4. The van der Waals surface area contributed by atoms with Gasteiger partial charge in [0, 0.05) is 55.2 Å². The number of carbonyl (C=O) groups excluding carboxylic acids is 6. The number of anilines is 3. The van der Waals surface area contributed by atoms with Gasteiger partial charge < -0.3 is 54.9 Å². The lowest BCUT2D eigenvalue weighted by Crippen LogP contribution is -2.55. The van der Waals surface area contributed by atoms with Crippen LogP contribution in [0.1, 0.15) is 74.6 Å². The second-order valence-electron chi connectivity index (χ2n) is 17.6. The van der Waals surface area contributed by atoms with Gasteiger partial charge in [-0.15, -0.1) is 0 Å². The second-order valence-corrected chi connectivity index (χ2v) is 17.6. The van der Waals surface area contributed by atoms with Gasteiger partial charge in [-0.25, -0.2) is 14.0 Å². The van der Waals surface area contributed by atoms with E-state index in [0.717, 1.165) is 29.7 Å². The van der Waals surface area contributed by atoms with Crippen molar-refractivity contribution < 1.29 is 52.1 Å². The Kier molecular flexibility index (Phi) is 14.7. The van der Waals surface area contributed by atoms with E-state index in [4.69, 9.17) is 18.9 Å². The summed E-state index contributed by atoms with van der Waals surface area (Å²) in [6, 6.07) is 18.3. The first kappa shape index (κ1) is 46.3. The number of halogens is 1. The zero-order valence-corrected chi connectivity index (χ0v) is 37.2. The smallest absolute Gasteiger partial charge is 0.407 e. The topological polar surface area (TPSA) is 197 Å². The number of benzene rings is 3. The first-order chi connectivity index (χ1) is 32.0. The first-order valence-electron chi connectivity index (χ1n) is 22.8. The number of carbonyl (C=O) groups is 6. The predicted octanol–water partition coefficient (Wildman–Crippen LogP) is 5.29. The number of alkyl carbamates (subject to hydrolysis) is 2. The lowest BCUT2D eigenvalue weighted by molar-refractivity contribution is -0.139. The molecule has 3 aromatic rings. The Balaban J connectivity index is 0.929. The minimum absolute atomic E-state index is 0.0921. The highest BCUT2D eigenvalue weighted by Crippen LogP contribution is 2.47. The highest BCUT2D eigenvalue weighted by molar-refractivity contribution is 5.99. The number of nitrogens with one attached hydrogen (secondary N) is 4. The fourth-order valence-electron chi connectivity index (χ4n) is 10.2. The van der Waals surface area contributed by atoms with Crippen molar-refractivity contribution in [1.82, 2.24) is 20.4 Å². The van der Waals surface area contributed by atoms with Crippen LogP contribution < -0.4 is 26.2 Å². The predicted molar refractivity (Wildman–Crippen MR) is 240 cm³/mol. The molecule has 5 heterocycles. The highest BCUT2D eigenvalue weighted by atomic mass is 19.1. The van der Waals surface area contributed by atoms with Crippen LogP contribution in [0, 0.1) is 17.7 Å². The van der Waals surface area contributed by atoms with Crippen molar-refractivity contribution in [3.05, 3.63) is 89.7 Å². The number of rotatable bonds is 13. The zero-order chi connectivity index (χ0) is 46.3. The third-order valence-corrected chi connectivity index (χ3v) is 13.6. The Bertz CT molecular complexity index is 2090. The minimum Gasteiger partial charge on any atom is -0.453 e. The molecule has 4 N–H and O–H groups in total. The normalized spacial score (nSPS) is 24.7. The van der Waals surface area contributed by atoms with Gasteiger partial charge in [0.15, 0.2) is 0 Å². The Morgan fingerprint density at radius 1 is 0.591 bits per heavy atom. The van der Waals surface area contributed by atoms with E-state index < -0.39 is 36.4 Å². The summed E-state index contributed by atoms with van der Waals surface area (Å²) in [5.41, 5.74) is 3.98. The van der Waals surface area contributed by atoms with E-state index in [1.54, 1.807) is 21.9 Å². The average Bonchev–Trinajstić information content (AvgIpc) is 4.20. The fraction of sp³-hybridized carbons (Fsp3) is 0.500. The summed E-state index contributed by atoms with van der Waals surface area (Å²) in [5, 5.41) is 11.3. The van der Waals surface area contributed by atoms with Crippen molar-refractivity contribution in [2.45, 2.75) is 87.6 Å². The van der Waals surface area contributed by atoms with Gasteiger partial charge in [-0.05, 0) is 111 Å². The number of amides is 6. The summed E-state index contributed by atoms with van der Waals surface area (Å²) in [5.74, 6) is -2.09. The maximum absolute atomic E-state index is 14.2. The molecule has 5 saturated heterocycles. The molecule has 352 valence electrons. The molecule has 66 heavy (non-hydrogen) atoms. The van der Waals surface area contributed by atoms with E-state index in [-0.39, 0.29) is 53.4 Å². The number of hydrogen-bond donors (Lipinski definition) is 4. The molecule has 17 nitrogen and oxygen atoms in total. The fourth-order valence-corrected chi connectivity index (χ4v) is 10.2. The van der Waals surface area contributed by atoms with E-state index >= 15 is 0 Å². The molecule has 3 aromatic carbocycles. The van der Waals surface area contributed by atoms with Gasteiger partial charge in [-0.3, -0.25) is 19.2 Å². The van der Waals surface area contributed by atoms with Gasteiger partial charge >= 0.3 is 12.2 Å². The van der Waals surface area contributed by atoms with Crippen LogP contribution in [0.15, 0.2) is 72.8 Å². The van der Waals surface area contributed by atoms with Crippen LogP contribution in [0.5, 0.6) is 0 Å². The third kappa shape index (κ3) is 10.2.